The molecule has 0 aliphatic heterocycles. The second-order valence-corrected chi connectivity index (χ2v) is 5.22. The van der Waals surface area contributed by atoms with Crippen LogP contribution in [-0.4, -0.2) is 14.8 Å². The number of hydrazine groups is 1. The lowest BCUT2D eigenvalue weighted by molar-refractivity contribution is 0.507. The quantitative estimate of drug-likeness (QED) is 0.656. The minimum absolute atomic E-state index is 0.0891. The van der Waals surface area contributed by atoms with Crippen molar-refractivity contribution in [2.75, 3.05) is 0 Å². The molecule has 1 atom stereocenters. The summed E-state index contributed by atoms with van der Waals surface area (Å²) in [6.07, 6.45) is 2.44. The Balaban J connectivity index is 2.31. The summed E-state index contributed by atoms with van der Waals surface area (Å²) < 4.78 is 1.91. The van der Waals surface area contributed by atoms with E-state index in [0.29, 0.717) is 11.4 Å². The van der Waals surface area contributed by atoms with Gasteiger partial charge in [-0.3, -0.25) is 20.9 Å². The van der Waals surface area contributed by atoms with E-state index in [2.05, 4.69) is 15.5 Å². The number of hydrogen-bond acceptors (Lipinski definition) is 4. The first-order chi connectivity index (χ1) is 9.56. The molecular weight excluding hydrogens is 274 g/mol. The van der Waals surface area contributed by atoms with E-state index in [4.69, 9.17) is 17.4 Å². The van der Waals surface area contributed by atoms with Crippen molar-refractivity contribution in [1.82, 2.24) is 20.2 Å². The van der Waals surface area contributed by atoms with Crippen LogP contribution in [0.25, 0.3) is 0 Å². The molecule has 0 aliphatic carbocycles. The zero-order valence-electron chi connectivity index (χ0n) is 12.0. The second-order valence-electron chi connectivity index (χ2n) is 4.84. The van der Waals surface area contributed by atoms with Crippen molar-refractivity contribution in [3.8, 4) is 0 Å². The van der Waals surface area contributed by atoms with E-state index in [-0.39, 0.29) is 6.04 Å². The molecule has 3 N–H and O–H groups in total. The molecule has 2 heterocycles. The van der Waals surface area contributed by atoms with Gasteiger partial charge in [0.1, 0.15) is 0 Å². The number of halogens is 1. The fourth-order valence-electron chi connectivity index (χ4n) is 2.26. The monoisotopic (exact) mass is 293 g/mol. The van der Waals surface area contributed by atoms with E-state index in [1.54, 1.807) is 6.20 Å². The molecule has 2 aromatic heterocycles. The van der Waals surface area contributed by atoms with Gasteiger partial charge in [0, 0.05) is 19.2 Å². The van der Waals surface area contributed by atoms with Gasteiger partial charge in [0.2, 0.25) is 0 Å². The lowest BCUT2D eigenvalue weighted by Crippen LogP contribution is -2.31. The molecular formula is C14H20ClN5. The maximum absolute atomic E-state index is 6.34. The summed E-state index contributed by atoms with van der Waals surface area (Å²) in [5.74, 6) is 5.69. The summed E-state index contributed by atoms with van der Waals surface area (Å²) in [6, 6.07) is 3.90. The predicted octanol–water partition coefficient (Wildman–Crippen LogP) is 2.32. The molecule has 0 fully saturated rings. The van der Waals surface area contributed by atoms with Crippen LogP contribution >= 0.6 is 11.6 Å². The van der Waals surface area contributed by atoms with Gasteiger partial charge in [-0.05, 0) is 38.5 Å². The summed E-state index contributed by atoms with van der Waals surface area (Å²) in [4.78, 5) is 4.38. The zero-order chi connectivity index (χ0) is 14.7. The standard InChI is InChI=1S/C14H20ClN5/c1-4-20-13(14(15)10(3)19-20)8-12(18-16)11-7-9(2)5-6-17-11/h5-7,12,18H,4,8,16H2,1-3H3. The van der Waals surface area contributed by atoms with Gasteiger partial charge < -0.3 is 0 Å². The molecule has 6 heteroatoms. The Morgan fingerprint density at radius 3 is 2.80 bits per heavy atom. The van der Waals surface area contributed by atoms with Gasteiger partial charge in [0.15, 0.2) is 0 Å². The number of pyridine rings is 1. The topological polar surface area (TPSA) is 68.8 Å². The molecule has 0 bridgehead atoms. The van der Waals surface area contributed by atoms with Gasteiger partial charge in [-0.2, -0.15) is 5.10 Å². The van der Waals surface area contributed by atoms with Gasteiger partial charge >= 0.3 is 0 Å². The zero-order valence-corrected chi connectivity index (χ0v) is 12.8. The van der Waals surface area contributed by atoms with E-state index < -0.39 is 0 Å². The fraction of sp³-hybridized carbons (Fsp3) is 0.429. The Hall–Kier alpha value is -1.43. The molecule has 108 valence electrons. The van der Waals surface area contributed by atoms with Gasteiger partial charge in [0.25, 0.3) is 0 Å². The largest absolute Gasteiger partial charge is 0.271 e. The van der Waals surface area contributed by atoms with Crippen LogP contribution < -0.4 is 11.3 Å². The van der Waals surface area contributed by atoms with E-state index in [1.165, 1.54) is 0 Å². The first-order valence-electron chi connectivity index (χ1n) is 6.67. The number of nitrogens with two attached hydrogens (primary N) is 1. The third kappa shape index (κ3) is 3.00. The minimum atomic E-state index is -0.0891. The molecule has 20 heavy (non-hydrogen) atoms. The van der Waals surface area contributed by atoms with E-state index in [0.717, 1.165) is 29.2 Å². The highest BCUT2D eigenvalue weighted by Gasteiger charge is 2.19. The van der Waals surface area contributed by atoms with Crippen molar-refractivity contribution >= 4 is 11.6 Å². The Labute approximate surface area is 124 Å². The van der Waals surface area contributed by atoms with Crippen LogP contribution in [0.1, 0.15) is 35.6 Å². The summed E-state index contributed by atoms with van der Waals surface area (Å²) in [5, 5.41) is 5.13. The van der Waals surface area contributed by atoms with Crippen LogP contribution in [-0.2, 0) is 13.0 Å². The lowest BCUT2D eigenvalue weighted by Gasteiger charge is -2.16. The van der Waals surface area contributed by atoms with Crippen LogP contribution in [0, 0.1) is 13.8 Å². The van der Waals surface area contributed by atoms with Gasteiger partial charge in [0.05, 0.1) is 28.1 Å². The Bertz CT molecular complexity index is 593. The number of rotatable bonds is 5. The van der Waals surface area contributed by atoms with Crippen molar-refractivity contribution in [1.29, 1.82) is 0 Å². The third-order valence-electron chi connectivity index (χ3n) is 3.35. The van der Waals surface area contributed by atoms with Crippen molar-refractivity contribution in [2.45, 2.75) is 39.8 Å². The van der Waals surface area contributed by atoms with Gasteiger partial charge in [-0.25, -0.2) is 0 Å². The highest BCUT2D eigenvalue weighted by Crippen LogP contribution is 2.25. The molecule has 0 aliphatic rings. The summed E-state index contributed by atoms with van der Waals surface area (Å²) in [7, 11) is 0. The molecule has 5 nitrogen and oxygen atoms in total. The number of hydrogen-bond donors (Lipinski definition) is 2. The average Bonchev–Trinajstić information content (AvgIpc) is 2.71. The normalized spacial score (nSPS) is 12.7. The van der Waals surface area contributed by atoms with Crippen LogP contribution in [0.15, 0.2) is 18.3 Å². The van der Waals surface area contributed by atoms with E-state index in [9.17, 15) is 0 Å². The number of nitrogens with zero attached hydrogens (tertiary/aromatic N) is 3. The number of nitrogens with one attached hydrogen (secondary N) is 1. The fourth-order valence-corrected chi connectivity index (χ4v) is 2.47. The number of aromatic nitrogens is 3. The summed E-state index contributed by atoms with van der Waals surface area (Å²) >= 11 is 6.34. The second kappa shape index (κ2) is 6.35. The molecule has 0 spiro atoms. The molecule has 0 amide bonds. The molecule has 0 saturated carbocycles. The molecule has 0 saturated heterocycles. The molecule has 1 unspecified atom stereocenters. The minimum Gasteiger partial charge on any atom is -0.271 e. The maximum atomic E-state index is 6.34. The van der Waals surface area contributed by atoms with Gasteiger partial charge in [-0.1, -0.05) is 11.6 Å². The number of aryl methyl sites for hydroxylation is 3. The van der Waals surface area contributed by atoms with Crippen molar-refractivity contribution in [3.63, 3.8) is 0 Å². The van der Waals surface area contributed by atoms with Gasteiger partial charge in [-0.15, -0.1) is 0 Å². The molecule has 0 radical (unpaired) electrons. The molecule has 0 aromatic carbocycles. The SMILES string of the molecule is CCn1nc(C)c(Cl)c1CC(NN)c1cc(C)ccn1. The van der Waals surface area contributed by atoms with E-state index >= 15 is 0 Å². The van der Waals surface area contributed by atoms with Crippen LogP contribution in [0.4, 0.5) is 0 Å². The van der Waals surface area contributed by atoms with Crippen LogP contribution in [0.3, 0.4) is 0 Å². The Morgan fingerprint density at radius 1 is 1.45 bits per heavy atom. The van der Waals surface area contributed by atoms with E-state index in [1.807, 2.05) is 37.6 Å². The van der Waals surface area contributed by atoms with Crippen molar-refractivity contribution in [2.24, 2.45) is 5.84 Å². The third-order valence-corrected chi connectivity index (χ3v) is 3.84. The van der Waals surface area contributed by atoms with Crippen molar-refractivity contribution in [3.05, 3.63) is 46.0 Å². The first-order valence-corrected chi connectivity index (χ1v) is 7.05. The molecule has 2 aromatic rings. The summed E-state index contributed by atoms with van der Waals surface area (Å²) in [6.45, 7) is 6.77. The highest BCUT2D eigenvalue weighted by atomic mass is 35.5. The van der Waals surface area contributed by atoms with Crippen LogP contribution in [0.2, 0.25) is 5.02 Å². The van der Waals surface area contributed by atoms with Crippen molar-refractivity contribution < 1.29 is 0 Å². The first kappa shape index (κ1) is 15.0. The maximum Gasteiger partial charge on any atom is 0.0847 e. The Morgan fingerprint density at radius 2 is 2.20 bits per heavy atom. The predicted molar refractivity (Wildman–Crippen MR) is 80.4 cm³/mol. The molecule has 2 rings (SSSR count). The van der Waals surface area contributed by atoms with Crippen LogP contribution in [0.5, 0.6) is 0 Å². The summed E-state index contributed by atoms with van der Waals surface area (Å²) in [5.41, 5.74) is 6.71. The lowest BCUT2D eigenvalue weighted by atomic mass is 10.1. The smallest absolute Gasteiger partial charge is 0.0847 e. The Kier molecular flexibility index (Phi) is 4.75. The average molecular weight is 294 g/mol. The highest BCUT2D eigenvalue weighted by molar-refractivity contribution is 6.31.